The molecule has 7 nitrogen and oxygen atoms in total. The summed E-state index contributed by atoms with van der Waals surface area (Å²) < 4.78 is 24.8. The Bertz CT molecular complexity index is 1160. The molecule has 3 aromatic rings. The Balaban J connectivity index is 1.29. The molecule has 2 N–H and O–H groups in total. The smallest absolute Gasteiger partial charge is 0.306 e. The maximum absolute atomic E-state index is 11.3. The van der Waals surface area contributed by atoms with E-state index in [-0.39, 0.29) is 24.7 Å². The highest BCUT2D eigenvalue weighted by molar-refractivity contribution is 5.67. The van der Waals surface area contributed by atoms with E-state index in [0.29, 0.717) is 39.3 Å². The predicted octanol–water partition coefficient (Wildman–Crippen LogP) is 6.71. The first-order chi connectivity index (χ1) is 21.1. The van der Waals surface area contributed by atoms with E-state index < -0.39 is 18.2 Å². The molecule has 1 saturated heterocycles. The van der Waals surface area contributed by atoms with Crippen LogP contribution in [0.15, 0.2) is 91.0 Å². The Hall–Kier alpha value is -3.07. The molecule has 0 bridgehead atoms. The number of aliphatic carboxylic acids is 1. The minimum absolute atomic E-state index is 0.0701. The second kappa shape index (κ2) is 18.6. The van der Waals surface area contributed by atoms with Crippen molar-refractivity contribution in [2.24, 2.45) is 0 Å². The third kappa shape index (κ3) is 12.2. The van der Waals surface area contributed by atoms with Gasteiger partial charge in [0.1, 0.15) is 0 Å². The average Bonchev–Trinajstić information content (AvgIpc) is 3.03. The summed E-state index contributed by atoms with van der Waals surface area (Å²) in [5.74, 6) is -0.972. The summed E-state index contributed by atoms with van der Waals surface area (Å²) >= 11 is 0. The molecular weight excluding hydrogens is 544 g/mol. The first kappa shape index (κ1) is 32.8. The average molecular weight is 591 g/mol. The predicted molar refractivity (Wildman–Crippen MR) is 165 cm³/mol. The molecular formula is C36H46O7. The Morgan fingerprint density at radius 3 is 1.91 bits per heavy atom. The van der Waals surface area contributed by atoms with Crippen molar-refractivity contribution < 1.29 is 34.0 Å². The lowest BCUT2D eigenvalue weighted by Crippen LogP contribution is -2.45. The number of hydrogen-bond acceptors (Lipinski definition) is 6. The molecule has 0 radical (unpaired) electrons. The molecule has 5 atom stereocenters. The maximum atomic E-state index is 11.3. The van der Waals surface area contributed by atoms with Crippen LogP contribution in [0.25, 0.3) is 0 Å². The van der Waals surface area contributed by atoms with Crippen LogP contribution in [0.1, 0.15) is 68.1 Å². The SMILES string of the molecule is O=C(O)C[C@H]1O[C@@H]([C@@H](CCCC[C@@H](CCOCc2ccccc2)OCc2ccccc2)OCc2ccccc2)CC[C@@H]1O. The molecule has 43 heavy (non-hydrogen) atoms. The fourth-order valence-electron chi connectivity index (χ4n) is 5.48. The van der Waals surface area contributed by atoms with Crippen molar-refractivity contribution in [3.05, 3.63) is 108 Å². The number of hydrogen-bond donors (Lipinski definition) is 2. The number of benzene rings is 3. The van der Waals surface area contributed by atoms with Crippen LogP contribution in [0.2, 0.25) is 0 Å². The fourth-order valence-corrected chi connectivity index (χ4v) is 5.48. The lowest BCUT2D eigenvalue weighted by atomic mass is 9.93. The summed E-state index contributed by atoms with van der Waals surface area (Å²) in [6.45, 7) is 2.24. The van der Waals surface area contributed by atoms with E-state index in [1.807, 2.05) is 66.7 Å². The summed E-state index contributed by atoms with van der Waals surface area (Å²) in [5, 5.41) is 19.6. The van der Waals surface area contributed by atoms with Crippen LogP contribution in [-0.2, 0) is 43.6 Å². The van der Waals surface area contributed by atoms with Crippen LogP contribution in [-0.4, -0.2) is 53.3 Å². The van der Waals surface area contributed by atoms with Gasteiger partial charge in [-0.05, 0) is 48.8 Å². The molecule has 0 aromatic heterocycles. The molecule has 0 saturated carbocycles. The third-order valence-corrected chi connectivity index (χ3v) is 7.91. The van der Waals surface area contributed by atoms with Crippen molar-refractivity contribution in [3.63, 3.8) is 0 Å². The number of ether oxygens (including phenoxy) is 4. The van der Waals surface area contributed by atoms with Crippen molar-refractivity contribution >= 4 is 5.97 Å². The lowest BCUT2D eigenvalue weighted by Gasteiger charge is -2.37. The second-order valence-corrected chi connectivity index (χ2v) is 11.3. The lowest BCUT2D eigenvalue weighted by molar-refractivity contribution is -0.177. The highest BCUT2D eigenvalue weighted by Crippen LogP contribution is 2.28. The van der Waals surface area contributed by atoms with Gasteiger partial charge < -0.3 is 29.2 Å². The van der Waals surface area contributed by atoms with Crippen LogP contribution >= 0.6 is 0 Å². The fraction of sp³-hybridized carbons (Fsp3) is 0.472. The zero-order valence-corrected chi connectivity index (χ0v) is 25.0. The van der Waals surface area contributed by atoms with Crippen molar-refractivity contribution in [1.82, 2.24) is 0 Å². The van der Waals surface area contributed by atoms with E-state index in [1.165, 1.54) is 0 Å². The monoisotopic (exact) mass is 590 g/mol. The molecule has 1 fully saturated rings. The third-order valence-electron chi connectivity index (χ3n) is 7.91. The number of unbranched alkanes of at least 4 members (excludes halogenated alkanes) is 1. The molecule has 1 aliphatic heterocycles. The highest BCUT2D eigenvalue weighted by Gasteiger charge is 2.35. The van der Waals surface area contributed by atoms with Crippen LogP contribution < -0.4 is 0 Å². The van der Waals surface area contributed by atoms with Gasteiger partial charge in [-0.25, -0.2) is 0 Å². The Morgan fingerprint density at radius 1 is 0.744 bits per heavy atom. The molecule has 232 valence electrons. The van der Waals surface area contributed by atoms with Crippen molar-refractivity contribution in [1.29, 1.82) is 0 Å². The van der Waals surface area contributed by atoms with Gasteiger partial charge in [-0.2, -0.15) is 0 Å². The van der Waals surface area contributed by atoms with Crippen LogP contribution in [0.4, 0.5) is 0 Å². The summed E-state index contributed by atoms with van der Waals surface area (Å²) in [6.07, 6.45) is 3.44. The normalized spacial score (nSPS) is 20.0. The first-order valence-corrected chi connectivity index (χ1v) is 15.5. The quantitative estimate of drug-likeness (QED) is 0.150. The molecule has 1 aliphatic rings. The largest absolute Gasteiger partial charge is 0.481 e. The Kier molecular flexibility index (Phi) is 14.2. The molecule has 0 spiro atoms. The van der Waals surface area contributed by atoms with Gasteiger partial charge in [0, 0.05) is 6.61 Å². The molecule has 0 unspecified atom stereocenters. The number of aliphatic hydroxyl groups is 1. The standard InChI is InChI=1S/C36H46O7/c37-32-20-21-34(43-35(32)24-36(38)39)33(42-27-30-16-8-3-9-17-30)19-11-10-18-31(41-26-29-14-6-2-7-15-29)22-23-40-25-28-12-4-1-5-13-28/h1-9,12-17,31-35,37H,10-11,18-27H2,(H,38,39)/t31-,32-,33+,34+,35+/m0/s1. The van der Waals surface area contributed by atoms with Crippen molar-refractivity contribution in [3.8, 4) is 0 Å². The molecule has 3 aromatic carbocycles. The highest BCUT2D eigenvalue weighted by atomic mass is 16.6. The van der Waals surface area contributed by atoms with Gasteiger partial charge >= 0.3 is 5.97 Å². The van der Waals surface area contributed by atoms with E-state index in [1.54, 1.807) is 0 Å². The van der Waals surface area contributed by atoms with E-state index in [9.17, 15) is 15.0 Å². The number of carbonyl (C=O) groups is 1. The molecule has 7 heteroatoms. The van der Waals surface area contributed by atoms with Crippen molar-refractivity contribution in [2.75, 3.05) is 6.61 Å². The van der Waals surface area contributed by atoms with E-state index in [4.69, 9.17) is 18.9 Å². The van der Waals surface area contributed by atoms with Gasteiger partial charge in [0.05, 0.1) is 56.8 Å². The van der Waals surface area contributed by atoms with Gasteiger partial charge in [-0.15, -0.1) is 0 Å². The summed E-state index contributed by atoms with van der Waals surface area (Å²) in [7, 11) is 0. The topological polar surface area (TPSA) is 94.5 Å². The van der Waals surface area contributed by atoms with E-state index in [2.05, 4.69) is 24.3 Å². The van der Waals surface area contributed by atoms with E-state index in [0.717, 1.165) is 48.8 Å². The zero-order valence-electron chi connectivity index (χ0n) is 25.0. The Morgan fingerprint density at radius 2 is 1.30 bits per heavy atom. The molecule has 1 heterocycles. The van der Waals surface area contributed by atoms with Gasteiger partial charge in [0.2, 0.25) is 0 Å². The van der Waals surface area contributed by atoms with Gasteiger partial charge in [-0.3, -0.25) is 4.79 Å². The van der Waals surface area contributed by atoms with Crippen LogP contribution in [0, 0.1) is 0 Å². The van der Waals surface area contributed by atoms with Gasteiger partial charge in [0.15, 0.2) is 0 Å². The Labute approximate surface area is 255 Å². The van der Waals surface area contributed by atoms with Crippen molar-refractivity contribution in [2.45, 2.75) is 102 Å². The van der Waals surface area contributed by atoms with Crippen LogP contribution in [0.3, 0.4) is 0 Å². The van der Waals surface area contributed by atoms with Gasteiger partial charge in [0.25, 0.3) is 0 Å². The van der Waals surface area contributed by atoms with Crippen LogP contribution in [0.5, 0.6) is 0 Å². The van der Waals surface area contributed by atoms with E-state index >= 15 is 0 Å². The summed E-state index contributed by atoms with van der Waals surface area (Å²) in [5.41, 5.74) is 3.39. The number of aliphatic hydroxyl groups excluding tert-OH is 1. The minimum Gasteiger partial charge on any atom is -0.481 e. The molecule has 0 aliphatic carbocycles. The number of carboxylic acids is 1. The maximum Gasteiger partial charge on any atom is 0.306 e. The zero-order chi connectivity index (χ0) is 30.1. The minimum atomic E-state index is -0.972. The second-order valence-electron chi connectivity index (χ2n) is 11.3. The first-order valence-electron chi connectivity index (χ1n) is 15.5. The molecule has 0 amide bonds. The number of carboxylic acid groups (broad SMARTS) is 1. The number of rotatable bonds is 19. The summed E-state index contributed by atoms with van der Waals surface area (Å²) in [4.78, 5) is 11.3. The van der Waals surface area contributed by atoms with Gasteiger partial charge in [-0.1, -0.05) is 104 Å². The molecule has 4 rings (SSSR count). The summed E-state index contributed by atoms with van der Waals surface area (Å²) in [6, 6.07) is 30.4.